The van der Waals surface area contributed by atoms with Crippen LogP contribution >= 0.6 is 0 Å². The highest BCUT2D eigenvalue weighted by Gasteiger charge is 2.82. The molecule has 0 radical (unpaired) electrons. The van der Waals surface area contributed by atoms with E-state index in [1.54, 1.807) is 0 Å². The number of hydrogen-bond donors (Lipinski definition) is 1. The molecule has 0 aromatic carbocycles. The molecule has 0 bridgehead atoms. The molecule has 1 aliphatic rings. The number of ether oxygens (including phenoxy) is 1. The Balaban J connectivity index is 3.44. The van der Waals surface area contributed by atoms with Crippen LogP contribution in [0.25, 0.3) is 0 Å². The zero-order valence-corrected chi connectivity index (χ0v) is 9.58. The second kappa shape index (κ2) is 3.50. The lowest BCUT2D eigenvalue weighted by atomic mass is 9.78. The van der Waals surface area contributed by atoms with Gasteiger partial charge in [0.2, 0.25) is 0 Å². The molecule has 0 saturated carbocycles. The van der Waals surface area contributed by atoms with Crippen LogP contribution in [0.15, 0.2) is 0 Å². The molecule has 1 aliphatic heterocycles. The molecular weight excluding hydrogens is 273 g/mol. The van der Waals surface area contributed by atoms with Crippen LogP contribution in [-0.2, 0) is 4.74 Å². The standard InChI is InChI=1S/C9H11F7O2/c1-4-6(10,11)5(2,3)18-8(17,7(4,12)13)9(14,15)16/h4,17H,1-3H3/t4-,8?/m0/s1. The minimum absolute atomic E-state index is 0.237. The van der Waals surface area contributed by atoms with Gasteiger partial charge in [0, 0.05) is 0 Å². The molecule has 1 unspecified atom stereocenters. The monoisotopic (exact) mass is 284 g/mol. The third-order valence-electron chi connectivity index (χ3n) is 3.13. The van der Waals surface area contributed by atoms with Crippen molar-refractivity contribution in [3.05, 3.63) is 0 Å². The summed E-state index contributed by atoms with van der Waals surface area (Å²) in [5.41, 5.74) is -2.89. The largest absolute Gasteiger partial charge is 0.449 e. The minimum atomic E-state index is -5.90. The molecule has 1 saturated heterocycles. The van der Waals surface area contributed by atoms with Gasteiger partial charge in [-0.25, -0.2) is 8.78 Å². The first-order valence-corrected chi connectivity index (χ1v) is 4.86. The highest BCUT2D eigenvalue weighted by Crippen LogP contribution is 2.59. The Morgan fingerprint density at radius 1 is 1.00 bits per heavy atom. The van der Waals surface area contributed by atoms with Crippen molar-refractivity contribution in [3.8, 4) is 0 Å². The van der Waals surface area contributed by atoms with Crippen LogP contribution in [0.3, 0.4) is 0 Å². The normalized spacial score (nSPS) is 38.5. The van der Waals surface area contributed by atoms with Crippen molar-refractivity contribution < 1.29 is 40.6 Å². The van der Waals surface area contributed by atoms with E-state index in [1.807, 2.05) is 0 Å². The fraction of sp³-hybridized carbons (Fsp3) is 1.00. The second-order valence-corrected chi connectivity index (χ2v) is 4.72. The lowest BCUT2D eigenvalue weighted by Crippen LogP contribution is -2.75. The first-order valence-electron chi connectivity index (χ1n) is 4.86. The molecule has 1 rings (SSSR count). The summed E-state index contributed by atoms with van der Waals surface area (Å²) in [5, 5.41) is 9.04. The smallest absolute Gasteiger partial charge is 0.354 e. The van der Waals surface area contributed by atoms with E-state index in [0.29, 0.717) is 13.8 Å². The van der Waals surface area contributed by atoms with Gasteiger partial charge in [-0.15, -0.1) is 0 Å². The third-order valence-corrected chi connectivity index (χ3v) is 3.13. The topological polar surface area (TPSA) is 29.5 Å². The Hall–Kier alpha value is -0.570. The van der Waals surface area contributed by atoms with Gasteiger partial charge in [-0.1, -0.05) is 6.92 Å². The summed E-state index contributed by atoms with van der Waals surface area (Å²) < 4.78 is 95.0. The van der Waals surface area contributed by atoms with E-state index in [1.165, 1.54) is 0 Å². The summed E-state index contributed by atoms with van der Waals surface area (Å²) in [5.74, 6) is -17.4. The number of rotatable bonds is 0. The summed E-state index contributed by atoms with van der Waals surface area (Å²) in [6.07, 6.45) is -5.90. The summed E-state index contributed by atoms with van der Waals surface area (Å²) in [4.78, 5) is 0. The number of aliphatic hydroxyl groups is 1. The van der Waals surface area contributed by atoms with Gasteiger partial charge in [0.05, 0.1) is 5.92 Å². The second-order valence-electron chi connectivity index (χ2n) is 4.72. The molecule has 0 aliphatic carbocycles. The Kier molecular flexibility index (Phi) is 3.01. The summed E-state index contributed by atoms with van der Waals surface area (Å²) >= 11 is 0. The summed E-state index contributed by atoms with van der Waals surface area (Å²) in [7, 11) is 0. The predicted octanol–water partition coefficient (Wildman–Crippen LogP) is 2.95. The Bertz CT molecular complexity index is 349. The molecule has 18 heavy (non-hydrogen) atoms. The number of hydrogen-bond acceptors (Lipinski definition) is 2. The lowest BCUT2D eigenvalue weighted by Gasteiger charge is -2.53. The van der Waals surface area contributed by atoms with Crippen molar-refractivity contribution in [1.82, 2.24) is 0 Å². The Morgan fingerprint density at radius 3 is 1.72 bits per heavy atom. The van der Waals surface area contributed by atoms with Gasteiger partial charge < -0.3 is 9.84 Å². The predicted molar refractivity (Wildman–Crippen MR) is 45.2 cm³/mol. The molecular formula is C9H11F7O2. The van der Waals surface area contributed by atoms with Crippen molar-refractivity contribution in [3.63, 3.8) is 0 Å². The van der Waals surface area contributed by atoms with Gasteiger partial charge in [-0.05, 0) is 13.8 Å². The van der Waals surface area contributed by atoms with E-state index in [9.17, 15) is 30.7 Å². The fourth-order valence-corrected chi connectivity index (χ4v) is 1.79. The van der Waals surface area contributed by atoms with Crippen molar-refractivity contribution in [2.45, 2.75) is 50.2 Å². The maximum Gasteiger partial charge on any atom is 0.449 e. The van der Waals surface area contributed by atoms with Gasteiger partial charge >= 0.3 is 17.9 Å². The van der Waals surface area contributed by atoms with E-state index in [4.69, 9.17) is 5.11 Å². The van der Waals surface area contributed by atoms with Crippen LogP contribution in [0.2, 0.25) is 0 Å². The highest BCUT2D eigenvalue weighted by molar-refractivity contribution is 5.09. The zero-order valence-electron chi connectivity index (χ0n) is 9.58. The zero-order chi connectivity index (χ0) is 14.8. The van der Waals surface area contributed by atoms with E-state index >= 15 is 0 Å². The Morgan fingerprint density at radius 2 is 1.39 bits per heavy atom. The van der Waals surface area contributed by atoms with E-state index in [0.717, 1.165) is 0 Å². The van der Waals surface area contributed by atoms with Crippen LogP contribution in [0.4, 0.5) is 30.7 Å². The number of halogens is 7. The molecule has 9 heteroatoms. The van der Waals surface area contributed by atoms with E-state index in [-0.39, 0.29) is 6.92 Å². The summed E-state index contributed by atoms with van der Waals surface area (Å²) in [6.45, 7) is 1.26. The molecule has 1 N–H and O–H groups in total. The molecule has 2 nitrogen and oxygen atoms in total. The van der Waals surface area contributed by atoms with Gasteiger partial charge in [0.1, 0.15) is 5.60 Å². The average Bonchev–Trinajstić information content (AvgIpc) is 2.11. The lowest BCUT2D eigenvalue weighted by molar-refractivity contribution is -0.505. The average molecular weight is 284 g/mol. The van der Waals surface area contributed by atoms with Crippen LogP contribution < -0.4 is 0 Å². The van der Waals surface area contributed by atoms with E-state index in [2.05, 4.69) is 4.74 Å². The van der Waals surface area contributed by atoms with Crippen molar-refractivity contribution >= 4 is 0 Å². The van der Waals surface area contributed by atoms with E-state index < -0.39 is 35.3 Å². The van der Waals surface area contributed by atoms with Crippen LogP contribution in [0.5, 0.6) is 0 Å². The van der Waals surface area contributed by atoms with Crippen LogP contribution in [0.1, 0.15) is 20.8 Å². The molecule has 108 valence electrons. The first-order chi connectivity index (χ1) is 7.61. The van der Waals surface area contributed by atoms with Crippen molar-refractivity contribution in [2.24, 2.45) is 5.92 Å². The van der Waals surface area contributed by atoms with Gasteiger partial charge in [-0.3, -0.25) is 0 Å². The maximum absolute atomic E-state index is 13.5. The van der Waals surface area contributed by atoms with Gasteiger partial charge in [0.25, 0.3) is 5.92 Å². The third kappa shape index (κ3) is 1.63. The summed E-state index contributed by atoms with van der Waals surface area (Å²) in [6, 6.07) is 0. The quantitative estimate of drug-likeness (QED) is 0.693. The molecule has 0 spiro atoms. The fourth-order valence-electron chi connectivity index (χ4n) is 1.79. The maximum atomic E-state index is 13.5. The first kappa shape index (κ1) is 15.5. The van der Waals surface area contributed by atoms with Crippen LogP contribution in [0, 0.1) is 5.92 Å². The van der Waals surface area contributed by atoms with Crippen molar-refractivity contribution in [1.29, 1.82) is 0 Å². The van der Waals surface area contributed by atoms with Gasteiger partial charge in [0.15, 0.2) is 0 Å². The molecule has 0 amide bonds. The molecule has 0 aromatic rings. The SMILES string of the molecule is C[C@H]1C(F)(F)C(C)(C)OC(O)(C(F)(F)F)C1(F)F. The van der Waals surface area contributed by atoms with Crippen molar-refractivity contribution in [2.75, 3.05) is 0 Å². The minimum Gasteiger partial charge on any atom is -0.354 e. The molecule has 0 aromatic heterocycles. The molecule has 1 fully saturated rings. The Labute approximate surface area is 97.7 Å². The van der Waals surface area contributed by atoms with Crippen LogP contribution in [-0.4, -0.2) is 34.5 Å². The molecule has 1 heterocycles. The van der Waals surface area contributed by atoms with Gasteiger partial charge in [-0.2, -0.15) is 22.0 Å². The molecule has 2 atom stereocenters. The number of alkyl halides is 7. The highest BCUT2D eigenvalue weighted by atomic mass is 19.4.